The van der Waals surface area contributed by atoms with Crippen molar-refractivity contribution in [2.75, 3.05) is 46.0 Å². The van der Waals surface area contributed by atoms with Crippen molar-refractivity contribution in [3.8, 4) is 0 Å². The molecule has 0 aromatic carbocycles. The summed E-state index contributed by atoms with van der Waals surface area (Å²) in [6, 6.07) is 0.316. The first kappa shape index (κ1) is 16.9. The minimum absolute atomic E-state index is 0.0117. The Kier molecular flexibility index (Phi) is 4.78. The van der Waals surface area contributed by atoms with Crippen LogP contribution in [0.5, 0.6) is 0 Å². The molecular formula is C15H27N5O2S. The Hall–Kier alpha value is -0.960. The van der Waals surface area contributed by atoms with Gasteiger partial charge in [-0.2, -0.15) is 9.40 Å². The van der Waals surface area contributed by atoms with Gasteiger partial charge in [-0.25, -0.2) is 8.42 Å². The van der Waals surface area contributed by atoms with E-state index in [-0.39, 0.29) is 6.04 Å². The van der Waals surface area contributed by atoms with Crippen molar-refractivity contribution >= 4 is 10.0 Å². The number of hydrogen-bond donors (Lipinski definition) is 0. The number of aryl methyl sites for hydroxylation is 1. The second kappa shape index (κ2) is 6.51. The molecule has 8 heteroatoms. The molecule has 3 rings (SSSR count). The van der Waals surface area contributed by atoms with E-state index in [1.807, 2.05) is 19.4 Å². The van der Waals surface area contributed by atoms with E-state index in [0.717, 1.165) is 44.6 Å². The van der Waals surface area contributed by atoms with E-state index in [4.69, 9.17) is 0 Å². The zero-order valence-corrected chi connectivity index (χ0v) is 15.0. The SMILES string of the molecule is CN1CCN([C@@H]2CCN(S(C)(=O)=O)[C@H]2Cc2cnn(C)c2)CC1. The predicted molar refractivity (Wildman–Crippen MR) is 89.7 cm³/mol. The lowest BCUT2D eigenvalue weighted by Gasteiger charge is -2.39. The molecule has 0 aliphatic carbocycles. The largest absolute Gasteiger partial charge is 0.304 e. The minimum Gasteiger partial charge on any atom is -0.304 e. The molecular weight excluding hydrogens is 314 g/mol. The second-order valence-electron chi connectivity index (χ2n) is 6.86. The van der Waals surface area contributed by atoms with Gasteiger partial charge in [-0.3, -0.25) is 9.58 Å². The molecule has 3 heterocycles. The molecule has 0 N–H and O–H groups in total. The highest BCUT2D eigenvalue weighted by Gasteiger charge is 2.42. The summed E-state index contributed by atoms with van der Waals surface area (Å²) >= 11 is 0. The van der Waals surface area contributed by atoms with Crippen LogP contribution < -0.4 is 0 Å². The van der Waals surface area contributed by atoms with Crippen molar-refractivity contribution in [2.45, 2.75) is 24.9 Å². The number of likely N-dealkylation sites (N-methyl/N-ethyl adjacent to an activating group) is 1. The maximum atomic E-state index is 12.2. The standard InChI is InChI=1S/C15H27N5O2S/c1-17-6-8-19(9-7-17)14-4-5-20(23(3,21)22)15(14)10-13-11-16-18(2)12-13/h11-12,14-15H,4-10H2,1-3H3/t14-,15+/m1/s1. The van der Waals surface area contributed by atoms with Crippen molar-refractivity contribution in [3.05, 3.63) is 18.0 Å². The Labute approximate surface area is 138 Å². The first-order valence-corrected chi connectivity index (χ1v) is 10.1. The molecule has 0 radical (unpaired) electrons. The lowest BCUT2D eigenvalue weighted by Crippen LogP contribution is -2.54. The molecule has 0 saturated carbocycles. The van der Waals surface area contributed by atoms with Crippen LogP contribution in [-0.2, 0) is 23.5 Å². The summed E-state index contributed by atoms with van der Waals surface area (Å²) < 4.78 is 27.9. The van der Waals surface area contributed by atoms with Crippen LogP contribution >= 0.6 is 0 Å². The molecule has 130 valence electrons. The average Bonchev–Trinajstić information content (AvgIpc) is 3.06. The van der Waals surface area contributed by atoms with Gasteiger partial charge in [-0.05, 0) is 25.5 Å². The smallest absolute Gasteiger partial charge is 0.211 e. The molecule has 7 nitrogen and oxygen atoms in total. The molecule has 2 atom stereocenters. The maximum absolute atomic E-state index is 12.2. The Morgan fingerprint density at radius 3 is 2.43 bits per heavy atom. The summed E-state index contributed by atoms with van der Waals surface area (Å²) in [6.45, 7) is 4.76. The molecule has 2 saturated heterocycles. The van der Waals surface area contributed by atoms with Crippen LogP contribution in [0.4, 0.5) is 0 Å². The number of aromatic nitrogens is 2. The molecule has 2 fully saturated rings. The highest BCUT2D eigenvalue weighted by Crippen LogP contribution is 2.28. The molecule has 0 amide bonds. The summed E-state index contributed by atoms with van der Waals surface area (Å²) in [5.74, 6) is 0. The van der Waals surface area contributed by atoms with Crippen molar-refractivity contribution in [1.29, 1.82) is 0 Å². The van der Waals surface area contributed by atoms with Crippen molar-refractivity contribution in [2.24, 2.45) is 7.05 Å². The lowest BCUT2D eigenvalue weighted by atomic mass is 10.0. The quantitative estimate of drug-likeness (QED) is 0.747. The third-order valence-electron chi connectivity index (χ3n) is 5.10. The Balaban J connectivity index is 1.80. The molecule has 0 bridgehead atoms. The van der Waals surface area contributed by atoms with E-state index in [1.54, 1.807) is 8.99 Å². The topological polar surface area (TPSA) is 61.7 Å². The van der Waals surface area contributed by atoms with E-state index < -0.39 is 10.0 Å². The Morgan fingerprint density at radius 1 is 1.17 bits per heavy atom. The van der Waals surface area contributed by atoms with Gasteiger partial charge in [0.2, 0.25) is 10.0 Å². The fraction of sp³-hybridized carbons (Fsp3) is 0.800. The molecule has 2 aliphatic heterocycles. The zero-order chi connectivity index (χ0) is 16.6. The molecule has 0 spiro atoms. The predicted octanol–water partition coefficient (Wildman–Crippen LogP) is -0.387. The maximum Gasteiger partial charge on any atom is 0.211 e. The molecule has 1 aromatic heterocycles. The molecule has 0 unspecified atom stereocenters. The minimum atomic E-state index is -3.18. The van der Waals surface area contributed by atoms with Crippen LogP contribution in [0.1, 0.15) is 12.0 Å². The fourth-order valence-electron chi connectivity index (χ4n) is 3.86. The Bertz CT molecular complexity index is 636. The van der Waals surface area contributed by atoms with Gasteiger partial charge < -0.3 is 4.90 Å². The monoisotopic (exact) mass is 341 g/mol. The average molecular weight is 341 g/mol. The fourth-order valence-corrected chi connectivity index (χ4v) is 5.00. The van der Waals surface area contributed by atoms with Crippen LogP contribution in [0.2, 0.25) is 0 Å². The number of rotatable bonds is 4. The van der Waals surface area contributed by atoms with Crippen LogP contribution in [-0.4, -0.2) is 90.4 Å². The van der Waals surface area contributed by atoms with E-state index in [2.05, 4.69) is 21.9 Å². The number of piperazine rings is 1. The van der Waals surface area contributed by atoms with Crippen LogP contribution in [0.15, 0.2) is 12.4 Å². The van der Waals surface area contributed by atoms with Gasteiger partial charge in [-0.1, -0.05) is 0 Å². The van der Waals surface area contributed by atoms with Gasteiger partial charge in [0, 0.05) is 58.1 Å². The molecule has 23 heavy (non-hydrogen) atoms. The highest BCUT2D eigenvalue weighted by molar-refractivity contribution is 7.88. The summed E-state index contributed by atoms with van der Waals surface area (Å²) in [6.07, 6.45) is 6.81. The van der Waals surface area contributed by atoms with Gasteiger partial charge in [0.05, 0.1) is 12.5 Å². The van der Waals surface area contributed by atoms with Crippen molar-refractivity contribution < 1.29 is 8.42 Å². The normalized spacial score (nSPS) is 28.5. The van der Waals surface area contributed by atoms with E-state index >= 15 is 0 Å². The van der Waals surface area contributed by atoms with Crippen LogP contribution in [0.25, 0.3) is 0 Å². The van der Waals surface area contributed by atoms with Gasteiger partial charge in [0.25, 0.3) is 0 Å². The zero-order valence-electron chi connectivity index (χ0n) is 14.2. The lowest BCUT2D eigenvalue weighted by molar-refractivity contribution is 0.0975. The van der Waals surface area contributed by atoms with E-state index in [9.17, 15) is 8.42 Å². The molecule has 1 aromatic rings. The summed E-state index contributed by atoms with van der Waals surface area (Å²) in [7, 11) is 0.856. The number of sulfonamides is 1. The van der Waals surface area contributed by atoms with E-state index in [1.165, 1.54) is 6.26 Å². The third-order valence-corrected chi connectivity index (χ3v) is 6.40. The first-order chi connectivity index (χ1) is 10.8. The third kappa shape index (κ3) is 3.76. The second-order valence-corrected chi connectivity index (χ2v) is 8.80. The van der Waals surface area contributed by atoms with E-state index in [0.29, 0.717) is 12.6 Å². The van der Waals surface area contributed by atoms with Gasteiger partial charge >= 0.3 is 0 Å². The van der Waals surface area contributed by atoms with Crippen LogP contribution in [0.3, 0.4) is 0 Å². The van der Waals surface area contributed by atoms with Gasteiger partial charge in [-0.15, -0.1) is 0 Å². The first-order valence-electron chi connectivity index (χ1n) is 8.21. The Morgan fingerprint density at radius 2 is 1.87 bits per heavy atom. The highest BCUT2D eigenvalue weighted by atomic mass is 32.2. The summed E-state index contributed by atoms with van der Waals surface area (Å²) in [5, 5.41) is 4.22. The number of hydrogen-bond acceptors (Lipinski definition) is 5. The van der Waals surface area contributed by atoms with Crippen molar-refractivity contribution in [3.63, 3.8) is 0 Å². The number of nitrogens with zero attached hydrogens (tertiary/aromatic N) is 5. The van der Waals surface area contributed by atoms with Gasteiger partial charge in [0.15, 0.2) is 0 Å². The summed E-state index contributed by atoms with van der Waals surface area (Å²) in [5.41, 5.74) is 1.10. The van der Waals surface area contributed by atoms with Gasteiger partial charge in [0.1, 0.15) is 0 Å². The molecule has 2 aliphatic rings. The van der Waals surface area contributed by atoms with Crippen molar-refractivity contribution in [1.82, 2.24) is 23.9 Å². The summed E-state index contributed by atoms with van der Waals surface area (Å²) in [4.78, 5) is 4.81. The van der Waals surface area contributed by atoms with Crippen LogP contribution in [0, 0.1) is 0 Å².